The number of nitriles is 1. The van der Waals surface area contributed by atoms with Crippen molar-refractivity contribution in [3.63, 3.8) is 0 Å². The van der Waals surface area contributed by atoms with Crippen molar-refractivity contribution in [2.24, 2.45) is 0 Å². The summed E-state index contributed by atoms with van der Waals surface area (Å²) in [4.78, 5) is 36.4. The summed E-state index contributed by atoms with van der Waals surface area (Å²) in [6.07, 6.45) is 7.33. The van der Waals surface area contributed by atoms with Gasteiger partial charge in [0.1, 0.15) is 41.6 Å². The first-order valence-corrected chi connectivity index (χ1v) is 11.3. The number of aromatic nitrogens is 2. The van der Waals surface area contributed by atoms with Crippen molar-refractivity contribution in [2.45, 2.75) is 19.4 Å². The minimum Gasteiger partial charge on any atom is -0.494 e. The Morgan fingerprint density at radius 1 is 1.37 bits per heavy atom. The largest absolute Gasteiger partial charge is 0.494 e. The van der Waals surface area contributed by atoms with Gasteiger partial charge in [-0.3, -0.25) is 4.79 Å². The maximum Gasteiger partial charge on any atom is 0.168 e. The molecule has 0 aromatic carbocycles. The number of rotatable bonds is 8. The van der Waals surface area contributed by atoms with Gasteiger partial charge < -0.3 is 24.6 Å². The van der Waals surface area contributed by atoms with Crippen molar-refractivity contribution in [2.75, 3.05) is 50.2 Å². The lowest BCUT2D eigenvalue weighted by Gasteiger charge is -2.31. The van der Waals surface area contributed by atoms with Gasteiger partial charge in [0.25, 0.3) is 0 Å². The lowest BCUT2D eigenvalue weighted by molar-refractivity contribution is 0.111. The maximum absolute atomic E-state index is 12.0. The van der Waals surface area contributed by atoms with Crippen LogP contribution in [0.3, 0.4) is 0 Å². The number of hydrogen-bond donors (Lipinski definition) is 1. The number of carbonyl (C=O) groups excluding carboxylic acids is 2. The molecule has 0 saturated carbocycles. The summed E-state index contributed by atoms with van der Waals surface area (Å²) < 4.78 is 10.4. The Hall–Kier alpha value is -4.19. The highest BCUT2D eigenvalue weighted by Gasteiger charge is 2.25. The number of anilines is 3. The van der Waals surface area contributed by atoms with Crippen molar-refractivity contribution < 1.29 is 19.1 Å². The number of aldehydes is 1. The van der Waals surface area contributed by atoms with E-state index in [-0.39, 0.29) is 6.61 Å². The maximum atomic E-state index is 12.0. The molecule has 0 atom stereocenters. The molecule has 2 aliphatic heterocycles. The van der Waals surface area contributed by atoms with E-state index in [1.165, 1.54) is 6.20 Å². The SMILES string of the molecule is COCCNc1cc(N2CCCc3cc(CN4CC=COCC4=C=O)c(C=O)nc32)ncc1C#N. The number of fused-ring (bicyclic) bond motifs is 1. The molecule has 0 saturated heterocycles. The van der Waals surface area contributed by atoms with Crippen molar-refractivity contribution in [1.29, 1.82) is 5.26 Å². The number of carbonyl (C=O) groups is 1. The van der Waals surface area contributed by atoms with Gasteiger partial charge in [0.15, 0.2) is 6.29 Å². The fourth-order valence-electron chi connectivity index (χ4n) is 4.15. The topological polar surface area (TPSA) is 121 Å². The second-order valence-corrected chi connectivity index (χ2v) is 8.12. The molecule has 0 spiro atoms. The Morgan fingerprint density at radius 2 is 2.26 bits per heavy atom. The van der Waals surface area contributed by atoms with E-state index in [0.717, 1.165) is 30.3 Å². The van der Waals surface area contributed by atoms with Crippen LogP contribution >= 0.6 is 0 Å². The summed E-state index contributed by atoms with van der Waals surface area (Å²) in [5.41, 5.74) is 3.53. The number of pyridine rings is 2. The summed E-state index contributed by atoms with van der Waals surface area (Å²) in [6.45, 7) is 2.68. The first-order chi connectivity index (χ1) is 17.2. The van der Waals surface area contributed by atoms with Crippen LogP contribution in [0.15, 0.2) is 36.4 Å². The average Bonchev–Trinajstić information content (AvgIpc) is 3.12. The molecule has 10 heteroatoms. The third-order valence-electron chi connectivity index (χ3n) is 5.89. The van der Waals surface area contributed by atoms with E-state index in [1.54, 1.807) is 13.4 Å². The molecule has 4 heterocycles. The molecular weight excluding hydrogens is 448 g/mol. The van der Waals surface area contributed by atoms with E-state index < -0.39 is 0 Å². The Morgan fingerprint density at radius 3 is 3.03 bits per heavy atom. The molecule has 0 radical (unpaired) electrons. The number of aryl methyl sites for hydroxylation is 1. The number of nitrogens with one attached hydrogen (secondary N) is 1. The molecule has 180 valence electrons. The van der Waals surface area contributed by atoms with Crippen molar-refractivity contribution >= 4 is 29.6 Å². The molecule has 0 unspecified atom stereocenters. The van der Waals surface area contributed by atoms with Gasteiger partial charge in [-0.25, -0.2) is 14.8 Å². The van der Waals surface area contributed by atoms with Gasteiger partial charge in [-0.05, 0) is 30.5 Å². The van der Waals surface area contributed by atoms with E-state index in [1.807, 2.05) is 33.9 Å². The minimum absolute atomic E-state index is 0.133. The van der Waals surface area contributed by atoms with Crippen molar-refractivity contribution in [1.82, 2.24) is 14.9 Å². The summed E-state index contributed by atoms with van der Waals surface area (Å²) in [5.74, 6) is 3.26. The highest BCUT2D eigenvalue weighted by atomic mass is 16.5. The van der Waals surface area contributed by atoms with Gasteiger partial charge in [0.05, 0.1) is 24.1 Å². The second-order valence-electron chi connectivity index (χ2n) is 8.12. The Bertz CT molecular complexity index is 1220. The van der Waals surface area contributed by atoms with Crippen molar-refractivity contribution in [3.8, 4) is 6.07 Å². The third-order valence-corrected chi connectivity index (χ3v) is 5.89. The number of methoxy groups -OCH3 is 1. The zero-order valence-electron chi connectivity index (χ0n) is 19.5. The smallest absolute Gasteiger partial charge is 0.168 e. The van der Waals surface area contributed by atoms with Crippen LogP contribution in [0.5, 0.6) is 0 Å². The molecule has 2 aliphatic rings. The lowest BCUT2D eigenvalue weighted by atomic mass is 10.0. The van der Waals surface area contributed by atoms with E-state index >= 15 is 0 Å². The molecule has 35 heavy (non-hydrogen) atoms. The van der Waals surface area contributed by atoms with Crippen LogP contribution in [-0.4, -0.2) is 67.1 Å². The first kappa shape index (κ1) is 24.0. The highest BCUT2D eigenvalue weighted by Crippen LogP contribution is 2.34. The first-order valence-electron chi connectivity index (χ1n) is 11.3. The van der Waals surface area contributed by atoms with Gasteiger partial charge in [-0.15, -0.1) is 0 Å². The van der Waals surface area contributed by atoms with E-state index in [2.05, 4.69) is 16.4 Å². The van der Waals surface area contributed by atoms with Gasteiger partial charge >= 0.3 is 0 Å². The molecule has 0 bridgehead atoms. The molecule has 0 fully saturated rings. The quantitative estimate of drug-likeness (QED) is 0.347. The normalized spacial score (nSPS) is 14.9. The molecular formula is C25H26N6O4. The van der Waals surface area contributed by atoms with Crippen LogP contribution in [0, 0.1) is 11.3 Å². The predicted molar refractivity (Wildman–Crippen MR) is 129 cm³/mol. The summed E-state index contributed by atoms with van der Waals surface area (Å²) >= 11 is 0. The van der Waals surface area contributed by atoms with Gasteiger partial charge in [-0.1, -0.05) is 0 Å². The van der Waals surface area contributed by atoms with Crippen LogP contribution < -0.4 is 10.2 Å². The Kier molecular flexibility index (Phi) is 7.73. The van der Waals surface area contributed by atoms with E-state index in [0.29, 0.717) is 67.1 Å². The van der Waals surface area contributed by atoms with E-state index in [9.17, 15) is 14.9 Å². The lowest BCUT2D eigenvalue weighted by Crippen LogP contribution is -2.29. The minimum atomic E-state index is 0.133. The van der Waals surface area contributed by atoms with Crippen LogP contribution in [0.4, 0.5) is 17.3 Å². The number of ether oxygens (including phenoxy) is 2. The van der Waals surface area contributed by atoms with Gasteiger partial charge in [-0.2, -0.15) is 5.26 Å². The fourth-order valence-corrected chi connectivity index (χ4v) is 4.15. The molecule has 2 aromatic heterocycles. The summed E-state index contributed by atoms with van der Waals surface area (Å²) in [7, 11) is 1.62. The van der Waals surface area contributed by atoms with Gasteiger partial charge in [0.2, 0.25) is 0 Å². The molecule has 0 amide bonds. The zero-order chi connectivity index (χ0) is 24.6. The molecule has 0 aliphatic carbocycles. The Labute approximate surface area is 203 Å². The molecule has 10 nitrogen and oxygen atoms in total. The van der Waals surface area contributed by atoms with Gasteiger partial charge in [0, 0.05) is 51.1 Å². The summed E-state index contributed by atoms with van der Waals surface area (Å²) in [5, 5.41) is 12.7. The number of nitrogens with zero attached hydrogens (tertiary/aromatic N) is 5. The third kappa shape index (κ3) is 5.32. The average molecular weight is 475 g/mol. The predicted octanol–water partition coefficient (Wildman–Crippen LogP) is 2.36. The second kappa shape index (κ2) is 11.3. The standard InChI is InChI=1S/C25H26N6O4/c1-34-9-5-27-22-11-24(28-13-20(22)12-26)31-7-2-4-18-10-19(23(16-33)29-25(18)31)14-30-6-3-8-35-17-21(30)15-32/h3,8,10-11,13,16H,2,4-7,9,14,17H2,1H3,(H,27,28). The van der Waals surface area contributed by atoms with Crippen LogP contribution in [0.2, 0.25) is 0 Å². The highest BCUT2D eigenvalue weighted by molar-refractivity contribution is 5.78. The Balaban J connectivity index is 1.66. The number of hydrogen-bond acceptors (Lipinski definition) is 10. The zero-order valence-corrected chi connectivity index (χ0v) is 19.5. The molecule has 2 aromatic rings. The van der Waals surface area contributed by atoms with Crippen molar-refractivity contribution in [3.05, 3.63) is 58.7 Å². The monoisotopic (exact) mass is 474 g/mol. The van der Waals surface area contributed by atoms with Crippen LogP contribution in [0.1, 0.15) is 33.6 Å². The van der Waals surface area contributed by atoms with Crippen LogP contribution in [0.25, 0.3) is 0 Å². The molecule has 1 N–H and O–H groups in total. The molecule has 4 rings (SSSR count). The fraction of sp³-hybridized carbons (Fsp3) is 0.360. The van der Waals surface area contributed by atoms with Crippen LogP contribution in [-0.2, 0) is 27.2 Å². The summed E-state index contributed by atoms with van der Waals surface area (Å²) in [6, 6.07) is 5.96. The van der Waals surface area contributed by atoms with E-state index in [4.69, 9.17) is 14.5 Å².